The molecule has 0 saturated carbocycles. The monoisotopic (exact) mass is 270 g/mol. The van der Waals surface area contributed by atoms with Crippen LogP contribution in [0.25, 0.3) is 0 Å². The van der Waals surface area contributed by atoms with Gasteiger partial charge in [0.15, 0.2) is 0 Å². The third-order valence-electron chi connectivity index (χ3n) is 5.32. The van der Waals surface area contributed by atoms with Crippen LogP contribution in [0.15, 0.2) is 0 Å². The van der Waals surface area contributed by atoms with E-state index in [0.29, 0.717) is 12.6 Å². The zero-order chi connectivity index (χ0) is 14.3. The standard InChI is InChI=1S/C16H34N2O/c1-5-16(6-2,9-11-19)13-17-15-8-10-18(7-3)12-14(15)4/h14-15,17,19H,5-13H2,1-4H3. The van der Waals surface area contributed by atoms with Crippen molar-refractivity contribution in [3.8, 4) is 0 Å². The summed E-state index contributed by atoms with van der Waals surface area (Å²) in [5, 5.41) is 13.1. The molecule has 1 rings (SSSR count). The van der Waals surface area contributed by atoms with Crippen LogP contribution in [0.4, 0.5) is 0 Å². The third-order valence-corrected chi connectivity index (χ3v) is 5.32. The molecule has 1 aliphatic heterocycles. The van der Waals surface area contributed by atoms with Crippen LogP contribution >= 0.6 is 0 Å². The van der Waals surface area contributed by atoms with Gasteiger partial charge in [-0.2, -0.15) is 0 Å². The maximum absolute atomic E-state index is 9.29. The van der Waals surface area contributed by atoms with Crippen LogP contribution in [0.5, 0.6) is 0 Å². The summed E-state index contributed by atoms with van der Waals surface area (Å²) in [7, 11) is 0. The number of aliphatic hydroxyl groups is 1. The molecule has 1 saturated heterocycles. The lowest BCUT2D eigenvalue weighted by Crippen LogP contribution is -2.50. The van der Waals surface area contributed by atoms with Crippen molar-refractivity contribution < 1.29 is 5.11 Å². The fraction of sp³-hybridized carbons (Fsp3) is 1.00. The molecule has 0 spiro atoms. The molecular formula is C16H34N2O. The van der Waals surface area contributed by atoms with E-state index in [1.165, 1.54) is 26.1 Å². The van der Waals surface area contributed by atoms with E-state index >= 15 is 0 Å². The third kappa shape index (κ3) is 4.73. The molecule has 114 valence electrons. The summed E-state index contributed by atoms with van der Waals surface area (Å²) in [5.41, 5.74) is 0.288. The molecule has 0 radical (unpaired) electrons. The number of aliphatic hydroxyl groups excluding tert-OH is 1. The van der Waals surface area contributed by atoms with Gasteiger partial charge in [-0.05, 0) is 50.1 Å². The molecule has 0 aromatic rings. The summed E-state index contributed by atoms with van der Waals surface area (Å²) in [6.07, 6.45) is 4.49. The zero-order valence-corrected chi connectivity index (χ0v) is 13.4. The fourth-order valence-electron chi connectivity index (χ4n) is 3.35. The second-order valence-electron chi connectivity index (χ2n) is 6.33. The van der Waals surface area contributed by atoms with Gasteiger partial charge in [0.25, 0.3) is 0 Å². The quantitative estimate of drug-likeness (QED) is 0.711. The molecule has 0 aromatic heterocycles. The first-order valence-electron chi connectivity index (χ1n) is 8.17. The predicted octanol–water partition coefficient (Wildman–Crippen LogP) is 2.50. The predicted molar refractivity (Wildman–Crippen MR) is 82.4 cm³/mol. The Labute approximate surface area is 119 Å². The van der Waals surface area contributed by atoms with E-state index in [4.69, 9.17) is 0 Å². The number of nitrogens with zero attached hydrogens (tertiary/aromatic N) is 1. The topological polar surface area (TPSA) is 35.5 Å². The molecule has 2 unspecified atom stereocenters. The largest absolute Gasteiger partial charge is 0.396 e. The Morgan fingerprint density at radius 3 is 2.42 bits per heavy atom. The van der Waals surface area contributed by atoms with Crippen molar-refractivity contribution in [1.82, 2.24) is 10.2 Å². The summed E-state index contributed by atoms with van der Waals surface area (Å²) in [5.74, 6) is 0.731. The van der Waals surface area contributed by atoms with Crippen molar-refractivity contribution in [2.75, 3.05) is 32.8 Å². The van der Waals surface area contributed by atoms with Crippen molar-refractivity contribution in [3.63, 3.8) is 0 Å². The molecule has 1 heterocycles. The van der Waals surface area contributed by atoms with Gasteiger partial charge in [0, 0.05) is 25.7 Å². The molecule has 19 heavy (non-hydrogen) atoms. The number of likely N-dealkylation sites (tertiary alicyclic amines) is 1. The van der Waals surface area contributed by atoms with Gasteiger partial charge < -0.3 is 15.3 Å². The summed E-state index contributed by atoms with van der Waals surface area (Å²) >= 11 is 0. The van der Waals surface area contributed by atoms with Gasteiger partial charge >= 0.3 is 0 Å². The van der Waals surface area contributed by atoms with Crippen LogP contribution in [-0.4, -0.2) is 48.8 Å². The van der Waals surface area contributed by atoms with Crippen LogP contribution in [0.2, 0.25) is 0 Å². The molecule has 1 fully saturated rings. The lowest BCUT2D eigenvalue weighted by Gasteiger charge is -2.40. The van der Waals surface area contributed by atoms with Gasteiger partial charge in [0.2, 0.25) is 0 Å². The highest BCUT2D eigenvalue weighted by Gasteiger charge is 2.29. The molecule has 0 aliphatic carbocycles. The Morgan fingerprint density at radius 1 is 1.26 bits per heavy atom. The van der Waals surface area contributed by atoms with Gasteiger partial charge in [0.05, 0.1) is 0 Å². The molecule has 2 N–H and O–H groups in total. The highest BCUT2D eigenvalue weighted by atomic mass is 16.3. The average molecular weight is 270 g/mol. The first-order valence-corrected chi connectivity index (χ1v) is 8.17. The highest BCUT2D eigenvalue weighted by molar-refractivity contribution is 4.86. The smallest absolute Gasteiger partial charge is 0.0436 e. The Morgan fingerprint density at radius 2 is 1.95 bits per heavy atom. The lowest BCUT2D eigenvalue weighted by molar-refractivity contribution is 0.122. The molecule has 3 nitrogen and oxygen atoms in total. The van der Waals surface area contributed by atoms with Crippen molar-refractivity contribution in [2.45, 2.75) is 59.4 Å². The summed E-state index contributed by atoms with van der Waals surface area (Å²) < 4.78 is 0. The van der Waals surface area contributed by atoms with Crippen LogP contribution in [0, 0.1) is 11.3 Å². The van der Waals surface area contributed by atoms with Crippen LogP contribution in [-0.2, 0) is 0 Å². The zero-order valence-electron chi connectivity index (χ0n) is 13.4. The maximum Gasteiger partial charge on any atom is 0.0436 e. The normalized spacial score (nSPS) is 25.7. The minimum atomic E-state index is 0.288. The first-order chi connectivity index (χ1) is 9.10. The lowest BCUT2D eigenvalue weighted by atomic mass is 9.78. The molecule has 3 heteroatoms. The molecule has 0 amide bonds. The van der Waals surface area contributed by atoms with Crippen molar-refractivity contribution in [3.05, 3.63) is 0 Å². The summed E-state index contributed by atoms with van der Waals surface area (Å²) in [6, 6.07) is 0.652. The minimum absolute atomic E-state index is 0.288. The van der Waals surface area contributed by atoms with E-state index in [0.717, 1.165) is 31.7 Å². The number of piperidine rings is 1. The van der Waals surface area contributed by atoms with Gasteiger partial charge in [-0.15, -0.1) is 0 Å². The molecule has 2 atom stereocenters. The Bertz CT molecular complexity index is 241. The first kappa shape index (κ1) is 16.9. The van der Waals surface area contributed by atoms with E-state index in [2.05, 4.69) is 37.9 Å². The van der Waals surface area contributed by atoms with Crippen molar-refractivity contribution in [1.29, 1.82) is 0 Å². The van der Waals surface area contributed by atoms with Crippen LogP contribution in [0.3, 0.4) is 0 Å². The highest BCUT2D eigenvalue weighted by Crippen LogP contribution is 2.30. The van der Waals surface area contributed by atoms with Crippen molar-refractivity contribution in [2.24, 2.45) is 11.3 Å². The van der Waals surface area contributed by atoms with E-state index in [1.54, 1.807) is 0 Å². The molecule has 0 bridgehead atoms. The summed E-state index contributed by atoms with van der Waals surface area (Å²) in [4.78, 5) is 2.55. The average Bonchev–Trinajstić information content (AvgIpc) is 2.44. The Kier molecular flexibility index (Phi) is 7.33. The van der Waals surface area contributed by atoms with E-state index in [-0.39, 0.29) is 5.41 Å². The van der Waals surface area contributed by atoms with E-state index in [9.17, 15) is 5.11 Å². The Balaban J connectivity index is 2.46. The van der Waals surface area contributed by atoms with Gasteiger partial charge in [-0.3, -0.25) is 0 Å². The second kappa shape index (κ2) is 8.23. The van der Waals surface area contributed by atoms with Gasteiger partial charge in [-0.25, -0.2) is 0 Å². The van der Waals surface area contributed by atoms with Crippen LogP contribution in [0.1, 0.15) is 53.4 Å². The van der Waals surface area contributed by atoms with E-state index in [1.807, 2.05) is 0 Å². The SMILES string of the molecule is CCN1CCC(NCC(CC)(CC)CCO)C(C)C1. The number of nitrogens with one attached hydrogen (secondary N) is 1. The minimum Gasteiger partial charge on any atom is -0.396 e. The second-order valence-corrected chi connectivity index (χ2v) is 6.33. The molecule has 1 aliphatic rings. The Hall–Kier alpha value is -0.120. The van der Waals surface area contributed by atoms with E-state index < -0.39 is 0 Å². The summed E-state index contributed by atoms with van der Waals surface area (Å²) in [6.45, 7) is 14.1. The fourth-order valence-corrected chi connectivity index (χ4v) is 3.35. The van der Waals surface area contributed by atoms with Crippen molar-refractivity contribution >= 4 is 0 Å². The molecular weight excluding hydrogens is 236 g/mol. The van der Waals surface area contributed by atoms with Gasteiger partial charge in [0.1, 0.15) is 0 Å². The maximum atomic E-state index is 9.29. The number of hydrogen-bond acceptors (Lipinski definition) is 3. The molecule has 0 aromatic carbocycles. The number of hydrogen-bond donors (Lipinski definition) is 2. The van der Waals surface area contributed by atoms with Crippen LogP contribution < -0.4 is 5.32 Å². The number of rotatable bonds is 8. The van der Waals surface area contributed by atoms with Gasteiger partial charge in [-0.1, -0.05) is 27.7 Å².